The zero-order valence-corrected chi connectivity index (χ0v) is 12.4. The molecule has 0 N–H and O–H groups in total. The molecule has 114 valence electrons. The molecule has 0 aliphatic heterocycles. The molecule has 0 fully saturated rings. The average molecular weight is 298 g/mol. The predicted octanol–water partition coefficient (Wildman–Crippen LogP) is 2.29. The molecule has 22 heavy (non-hydrogen) atoms. The molecule has 1 amide bonds. The Labute approximate surface area is 129 Å². The second kappa shape index (κ2) is 7.93. The fourth-order valence-electron chi connectivity index (χ4n) is 2.06. The number of hydrogen-bond donors (Lipinski definition) is 0. The highest BCUT2D eigenvalue weighted by Crippen LogP contribution is 2.10. The Hall–Kier alpha value is -2.69. The first-order valence-electron chi connectivity index (χ1n) is 7.00. The monoisotopic (exact) mass is 298 g/mol. The second-order valence-corrected chi connectivity index (χ2v) is 4.78. The van der Waals surface area contributed by atoms with Gasteiger partial charge in [0.25, 0.3) is 5.91 Å². The van der Waals surface area contributed by atoms with Gasteiger partial charge in [0.05, 0.1) is 19.1 Å². The molecule has 0 bridgehead atoms. The minimum Gasteiger partial charge on any atom is -0.469 e. The molecule has 2 rings (SSSR count). The van der Waals surface area contributed by atoms with Gasteiger partial charge in [0.15, 0.2) is 0 Å². The fourth-order valence-corrected chi connectivity index (χ4v) is 2.06. The Morgan fingerprint density at radius 2 is 1.91 bits per heavy atom. The van der Waals surface area contributed by atoms with Gasteiger partial charge in [0.2, 0.25) is 0 Å². The van der Waals surface area contributed by atoms with Crippen molar-refractivity contribution in [3.8, 4) is 0 Å². The van der Waals surface area contributed by atoms with Crippen molar-refractivity contribution in [1.82, 2.24) is 9.88 Å². The van der Waals surface area contributed by atoms with Gasteiger partial charge in [-0.25, -0.2) is 0 Å². The minimum atomic E-state index is -0.336. The van der Waals surface area contributed by atoms with E-state index < -0.39 is 0 Å². The number of hydrogen-bond acceptors (Lipinski definition) is 4. The van der Waals surface area contributed by atoms with Crippen molar-refractivity contribution in [2.24, 2.45) is 0 Å². The van der Waals surface area contributed by atoms with Crippen LogP contribution in [0.15, 0.2) is 54.9 Å². The Kier molecular flexibility index (Phi) is 5.65. The number of benzene rings is 1. The number of carbonyl (C=O) groups is 2. The Balaban J connectivity index is 2.13. The van der Waals surface area contributed by atoms with Gasteiger partial charge in [-0.3, -0.25) is 14.6 Å². The van der Waals surface area contributed by atoms with Crippen molar-refractivity contribution in [2.45, 2.75) is 13.0 Å². The largest absolute Gasteiger partial charge is 0.469 e. The lowest BCUT2D eigenvalue weighted by Gasteiger charge is -2.22. The van der Waals surface area contributed by atoms with Gasteiger partial charge in [-0.1, -0.05) is 30.3 Å². The number of methoxy groups -OCH3 is 1. The zero-order valence-electron chi connectivity index (χ0n) is 12.4. The smallest absolute Gasteiger partial charge is 0.307 e. The van der Waals surface area contributed by atoms with E-state index in [1.807, 2.05) is 30.3 Å². The minimum absolute atomic E-state index is 0.152. The van der Waals surface area contributed by atoms with E-state index >= 15 is 0 Å². The lowest BCUT2D eigenvalue weighted by molar-refractivity contribution is -0.140. The summed E-state index contributed by atoms with van der Waals surface area (Å²) in [6.07, 6.45) is 3.31. The third-order valence-corrected chi connectivity index (χ3v) is 3.23. The molecule has 0 aliphatic carbocycles. The summed E-state index contributed by atoms with van der Waals surface area (Å²) in [5.74, 6) is -0.488. The van der Waals surface area contributed by atoms with Crippen LogP contribution in [0.3, 0.4) is 0 Å². The summed E-state index contributed by atoms with van der Waals surface area (Å²) < 4.78 is 4.65. The van der Waals surface area contributed by atoms with Crippen molar-refractivity contribution >= 4 is 11.9 Å². The van der Waals surface area contributed by atoms with E-state index in [1.54, 1.807) is 23.2 Å². The van der Waals surface area contributed by atoms with Crippen LogP contribution < -0.4 is 0 Å². The van der Waals surface area contributed by atoms with Crippen LogP contribution in [0.1, 0.15) is 22.3 Å². The van der Waals surface area contributed by atoms with Gasteiger partial charge < -0.3 is 9.64 Å². The number of pyridine rings is 1. The lowest BCUT2D eigenvalue weighted by atomic mass is 10.1. The lowest BCUT2D eigenvalue weighted by Crippen LogP contribution is -2.32. The summed E-state index contributed by atoms with van der Waals surface area (Å²) in [5.41, 5.74) is 1.51. The van der Waals surface area contributed by atoms with Crippen LogP contribution in [0.5, 0.6) is 0 Å². The number of ether oxygens (including phenoxy) is 1. The van der Waals surface area contributed by atoms with Crippen LogP contribution in [0.25, 0.3) is 0 Å². The van der Waals surface area contributed by atoms with Crippen LogP contribution in [-0.2, 0) is 16.1 Å². The summed E-state index contributed by atoms with van der Waals surface area (Å²) in [6, 6.07) is 13.1. The van der Waals surface area contributed by atoms with Gasteiger partial charge in [-0.15, -0.1) is 0 Å². The first-order chi connectivity index (χ1) is 10.7. The van der Waals surface area contributed by atoms with E-state index in [2.05, 4.69) is 9.72 Å². The van der Waals surface area contributed by atoms with Gasteiger partial charge in [-0.05, 0) is 17.7 Å². The van der Waals surface area contributed by atoms with E-state index in [0.717, 1.165) is 5.56 Å². The summed E-state index contributed by atoms with van der Waals surface area (Å²) in [7, 11) is 1.34. The summed E-state index contributed by atoms with van der Waals surface area (Å²) in [6.45, 7) is 0.737. The molecule has 0 unspecified atom stereocenters. The third-order valence-electron chi connectivity index (χ3n) is 3.23. The summed E-state index contributed by atoms with van der Waals surface area (Å²) in [4.78, 5) is 29.5. The molecule has 0 atom stereocenters. The molecule has 0 aliphatic rings. The molecule has 1 aromatic heterocycles. The van der Waals surface area contributed by atoms with Crippen LogP contribution in [-0.4, -0.2) is 35.4 Å². The highest BCUT2D eigenvalue weighted by atomic mass is 16.5. The van der Waals surface area contributed by atoms with Crippen LogP contribution >= 0.6 is 0 Å². The predicted molar refractivity (Wildman–Crippen MR) is 82.1 cm³/mol. The molecule has 5 nitrogen and oxygen atoms in total. The maximum Gasteiger partial charge on any atom is 0.307 e. The molecular formula is C17H18N2O3. The molecule has 1 heterocycles. The molecule has 1 aromatic carbocycles. The number of carbonyl (C=O) groups excluding carboxylic acids is 2. The highest BCUT2D eigenvalue weighted by molar-refractivity contribution is 5.94. The van der Waals surface area contributed by atoms with Crippen LogP contribution in [0.2, 0.25) is 0 Å². The van der Waals surface area contributed by atoms with Gasteiger partial charge >= 0.3 is 5.97 Å². The Morgan fingerprint density at radius 3 is 2.55 bits per heavy atom. The van der Waals surface area contributed by atoms with Crippen molar-refractivity contribution in [1.29, 1.82) is 0 Å². The number of aromatic nitrogens is 1. The van der Waals surface area contributed by atoms with Gasteiger partial charge in [0.1, 0.15) is 0 Å². The van der Waals surface area contributed by atoms with Crippen molar-refractivity contribution in [3.05, 3.63) is 66.0 Å². The summed E-state index contributed by atoms with van der Waals surface area (Å²) >= 11 is 0. The molecule has 0 saturated carbocycles. The number of nitrogens with zero attached hydrogens (tertiary/aromatic N) is 2. The van der Waals surface area contributed by atoms with E-state index in [0.29, 0.717) is 18.7 Å². The maximum atomic E-state index is 12.6. The molecule has 0 radical (unpaired) electrons. The van der Waals surface area contributed by atoms with E-state index in [1.165, 1.54) is 13.3 Å². The normalized spacial score (nSPS) is 10.0. The Morgan fingerprint density at radius 1 is 1.14 bits per heavy atom. The molecule has 0 spiro atoms. The molecule has 5 heteroatoms. The van der Waals surface area contributed by atoms with Crippen LogP contribution in [0.4, 0.5) is 0 Å². The first kappa shape index (κ1) is 15.7. The number of rotatable bonds is 6. The average Bonchev–Trinajstić information content (AvgIpc) is 2.59. The topological polar surface area (TPSA) is 59.5 Å². The number of esters is 1. The summed E-state index contributed by atoms with van der Waals surface area (Å²) in [5, 5.41) is 0. The Bertz CT molecular complexity index is 614. The van der Waals surface area contributed by atoms with E-state index in [9.17, 15) is 9.59 Å². The second-order valence-electron chi connectivity index (χ2n) is 4.78. The first-order valence-corrected chi connectivity index (χ1v) is 7.00. The van der Waals surface area contributed by atoms with Crippen molar-refractivity contribution in [2.75, 3.05) is 13.7 Å². The highest BCUT2D eigenvalue weighted by Gasteiger charge is 2.17. The number of amides is 1. The SMILES string of the molecule is COC(=O)CCN(Cc1ccccc1)C(=O)c1cccnc1. The standard InChI is InChI=1S/C17H18N2O3/c1-22-16(20)9-11-19(13-14-6-3-2-4-7-14)17(21)15-8-5-10-18-12-15/h2-8,10,12H,9,11,13H2,1H3. The van der Waals surface area contributed by atoms with Crippen molar-refractivity contribution < 1.29 is 14.3 Å². The van der Waals surface area contributed by atoms with Gasteiger partial charge in [-0.2, -0.15) is 0 Å². The quantitative estimate of drug-likeness (QED) is 0.768. The molecule has 0 saturated heterocycles. The van der Waals surface area contributed by atoms with E-state index in [-0.39, 0.29) is 18.3 Å². The zero-order chi connectivity index (χ0) is 15.8. The van der Waals surface area contributed by atoms with Crippen LogP contribution in [0, 0.1) is 0 Å². The fraction of sp³-hybridized carbons (Fsp3) is 0.235. The third kappa shape index (κ3) is 4.41. The van der Waals surface area contributed by atoms with Crippen molar-refractivity contribution in [3.63, 3.8) is 0 Å². The van der Waals surface area contributed by atoms with Gasteiger partial charge in [0, 0.05) is 25.5 Å². The molecule has 2 aromatic rings. The molecular weight excluding hydrogens is 280 g/mol. The maximum absolute atomic E-state index is 12.6. The van der Waals surface area contributed by atoms with E-state index in [4.69, 9.17) is 0 Å².